The first kappa shape index (κ1) is 21.2. The van der Waals surface area contributed by atoms with Gasteiger partial charge < -0.3 is 14.9 Å². The molecule has 3 heterocycles. The van der Waals surface area contributed by atoms with E-state index in [1.165, 1.54) is 11.1 Å². The van der Waals surface area contributed by atoms with E-state index in [0.29, 0.717) is 11.5 Å². The van der Waals surface area contributed by atoms with Crippen LogP contribution in [0.5, 0.6) is 0 Å². The molecular weight excluding hydrogens is 461 g/mol. The maximum Gasteiger partial charge on any atom is 0.419 e. The zero-order valence-electron chi connectivity index (χ0n) is 17.6. The van der Waals surface area contributed by atoms with E-state index in [-0.39, 0.29) is 54.3 Å². The van der Waals surface area contributed by atoms with Crippen LogP contribution in [0.3, 0.4) is 0 Å². The summed E-state index contributed by atoms with van der Waals surface area (Å²) in [4.78, 5) is 32.8. The molecule has 4 aliphatic rings. The van der Waals surface area contributed by atoms with Crippen LogP contribution in [0, 0.1) is 11.8 Å². The lowest BCUT2D eigenvalue weighted by molar-refractivity contribution is -0.140. The van der Waals surface area contributed by atoms with Gasteiger partial charge in [-0.15, -0.1) is 0 Å². The molecule has 7 nitrogen and oxygen atoms in total. The highest BCUT2D eigenvalue weighted by atomic mass is 35.5. The summed E-state index contributed by atoms with van der Waals surface area (Å²) in [6.07, 6.45) is -0.271. The van der Waals surface area contributed by atoms with Crippen LogP contribution in [0.15, 0.2) is 12.3 Å². The van der Waals surface area contributed by atoms with Crippen molar-refractivity contribution in [2.45, 2.75) is 49.9 Å². The Bertz CT molecular complexity index is 1180. The second kappa shape index (κ2) is 7.09. The Balaban J connectivity index is 1.27. The molecule has 3 aliphatic carbocycles. The van der Waals surface area contributed by atoms with Crippen molar-refractivity contribution in [3.8, 4) is 0 Å². The summed E-state index contributed by atoms with van der Waals surface area (Å²) < 4.78 is 42.3. The van der Waals surface area contributed by atoms with Crippen LogP contribution < -0.4 is 0 Å². The first-order valence-electron chi connectivity index (χ1n) is 11.2. The molecule has 2 aromatic rings. The van der Waals surface area contributed by atoms with Gasteiger partial charge in [0.25, 0.3) is 5.91 Å². The Morgan fingerprint density at radius 3 is 2.58 bits per heavy atom. The largest absolute Gasteiger partial charge is 0.419 e. The lowest BCUT2D eigenvalue weighted by atomic mass is 10.1. The third-order valence-electron chi connectivity index (χ3n) is 7.54. The number of pyridine rings is 1. The van der Waals surface area contributed by atoms with Crippen LogP contribution in [-0.4, -0.2) is 67.9 Å². The van der Waals surface area contributed by atoms with Crippen molar-refractivity contribution in [3.05, 3.63) is 34.2 Å². The lowest BCUT2D eigenvalue weighted by Crippen LogP contribution is -2.57. The van der Waals surface area contributed by atoms with Gasteiger partial charge in [0.15, 0.2) is 11.3 Å². The first-order valence-corrected chi connectivity index (χ1v) is 11.6. The van der Waals surface area contributed by atoms with Crippen LogP contribution in [-0.2, 0) is 11.0 Å². The molecule has 0 spiro atoms. The summed E-state index contributed by atoms with van der Waals surface area (Å²) >= 11 is 6.36. The number of alkyl halides is 3. The minimum absolute atomic E-state index is 0.0517. The molecule has 4 fully saturated rings. The number of rotatable bonds is 3. The van der Waals surface area contributed by atoms with E-state index in [1.807, 2.05) is 0 Å². The topological polar surface area (TPSA) is 78.2 Å². The molecule has 1 aliphatic heterocycles. The summed E-state index contributed by atoms with van der Waals surface area (Å²) in [7, 11) is 0. The van der Waals surface area contributed by atoms with Gasteiger partial charge in [-0.1, -0.05) is 11.6 Å². The van der Waals surface area contributed by atoms with Crippen molar-refractivity contribution in [2.75, 3.05) is 19.6 Å². The molecule has 0 radical (unpaired) electrons. The third kappa shape index (κ3) is 3.41. The Kier molecular flexibility index (Phi) is 4.56. The number of nitrogens with zero attached hydrogens (tertiary/aromatic N) is 4. The van der Waals surface area contributed by atoms with Crippen molar-refractivity contribution in [1.29, 1.82) is 0 Å². The van der Waals surface area contributed by atoms with Gasteiger partial charge in [0.1, 0.15) is 11.7 Å². The minimum atomic E-state index is -4.65. The molecule has 4 atom stereocenters. The van der Waals surface area contributed by atoms with Crippen molar-refractivity contribution in [2.24, 2.45) is 11.8 Å². The highest BCUT2D eigenvalue weighted by Gasteiger charge is 2.55. The molecule has 0 aromatic carbocycles. The molecular formula is C22H22ClF3N4O3. The molecule has 33 heavy (non-hydrogen) atoms. The fourth-order valence-corrected chi connectivity index (χ4v) is 5.74. The van der Waals surface area contributed by atoms with E-state index in [1.54, 1.807) is 4.90 Å². The second-order valence-electron chi connectivity index (χ2n) is 9.67. The lowest BCUT2D eigenvalue weighted by Gasteiger charge is -2.39. The molecule has 3 saturated carbocycles. The van der Waals surface area contributed by atoms with Gasteiger partial charge in [0, 0.05) is 19.3 Å². The number of imidazole rings is 1. The van der Waals surface area contributed by atoms with Gasteiger partial charge in [-0.3, -0.25) is 14.0 Å². The standard InChI is InChI=1S/C22H22ClF3N4O3/c23-19-17(27-20-14(22(24,25)26)6-12(8-30(19)20)10-1-2-10)21(33)28-3-4-29(16(31)9-28)15-7-11-5-13(11)18(15)32/h6,8,10-11,13,15,18,32H,1-5,7,9H2/t11?,13-,15?,18?/m0/s1. The third-order valence-corrected chi connectivity index (χ3v) is 7.90. The van der Waals surface area contributed by atoms with Crippen LogP contribution in [0.25, 0.3) is 5.65 Å². The van der Waals surface area contributed by atoms with E-state index in [2.05, 4.69) is 4.98 Å². The van der Waals surface area contributed by atoms with Crippen LogP contribution >= 0.6 is 11.6 Å². The summed E-state index contributed by atoms with van der Waals surface area (Å²) in [5.74, 6) is -0.171. The molecule has 2 aromatic heterocycles. The van der Waals surface area contributed by atoms with Crippen LogP contribution in [0.1, 0.15) is 53.2 Å². The van der Waals surface area contributed by atoms with Crippen molar-refractivity contribution in [3.63, 3.8) is 0 Å². The van der Waals surface area contributed by atoms with Gasteiger partial charge in [-0.05, 0) is 55.1 Å². The minimum Gasteiger partial charge on any atom is -0.391 e. The van der Waals surface area contributed by atoms with Crippen LogP contribution in [0.4, 0.5) is 13.2 Å². The van der Waals surface area contributed by atoms with Crippen molar-refractivity contribution in [1.82, 2.24) is 19.2 Å². The summed E-state index contributed by atoms with van der Waals surface area (Å²) in [6, 6.07) is 0.858. The predicted molar refractivity (Wildman–Crippen MR) is 111 cm³/mol. The number of aliphatic hydroxyl groups excluding tert-OH is 1. The average molecular weight is 483 g/mol. The maximum atomic E-state index is 13.7. The molecule has 1 saturated heterocycles. The van der Waals surface area contributed by atoms with Gasteiger partial charge in [-0.25, -0.2) is 4.98 Å². The van der Waals surface area contributed by atoms with Gasteiger partial charge in [0.05, 0.1) is 17.7 Å². The van der Waals surface area contributed by atoms with Crippen molar-refractivity contribution >= 4 is 29.1 Å². The Hall–Kier alpha value is -2.33. The highest BCUT2D eigenvalue weighted by Crippen LogP contribution is 2.53. The fraction of sp³-hybridized carbons (Fsp3) is 0.591. The molecule has 2 amide bonds. The molecule has 3 unspecified atom stereocenters. The van der Waals surface area contributed by atoms with Gasteiger partial charge >= 0.3 is 6.18 Å². The number of amides is 2. The van der Waals surface area contributed by atoms with Crippen molar-refractivity contribution < 1.29 is 27.9 Å². The van der Waals surface area contributed by atoms with E-state index in [0.717, 1.165) is 36.2 Å². The number of fused-ring (bicyclic) bond motifs is 2. The number of carbonyl (C=O) groups is 2. The quantitative estimate of drug-likeness (QED) is 0.729. The average Bonchev–Trinajstić information content (AvgIpc) is 3.68. The number of aliphatic hydroxyl groups is 1. The Labute approximate surface area is 192 Å². The molecule has 176 valence electrons. The smallest absolute Gasteiger partial charge is 0.391 e. The normalized spacial score (nSPS) is 29.7. The van der Waals surface area contributed by atoms with E-state index < -0.39 is 29.4 Å². The summed E-state index contributed by atoms with van der Waals surface area (Å²) in [6.45, 7) is 0.240. The maximum absolute atomic E-state index is 13.7. The number of halogens is 4. The molecule has 6 rings (SSSR count). The first-order chi connectivity index (χ1) is 15.6. The summed E-state index contributed by atoms with van der Waals surface area (Å²) in [5, 5.41) is 10.2. The van der Waals surface area contributed by atoms with E-state index in [4.69, 9.17) is 11.6 Å². The zero-order chi connectivity index (χ0) is 23.2. The predicted octanol–water partition coefficient (Wildman–Crippen LogP) is 2.94. The Morgan fingerprint density at radius 2 is 1.97 bits per heavy atom. The number of piperazine rings is 1. The number of carbonyl (C=O) groups excluding carboxylic acids is 2. The molecule has 1 N–H and O–H groups in total. The van der Waals surface area contributed by atoms with Gasteiger partial charge in [-0.2, -0.15) is 13.2 Å². The number of hydrogen-bond acceptors (Lipinski definition) is 4. The van der Waals surface area contributed by atoms with E-state index in [9.17, 15) is 27.9 Å². The SMILES string of the molecule is O=C(c1nc2c(C(F)(F)F)cc(C3CC3)cn2c1Cl)N1CCN(C2CC3C[C@@H]3C2O)C(=O)C1. The highest BCUT2D eigenvalue weighted by molar-refractivity contribution is 6.33. The van der Waals surface area contributed by atoms with Crippen LogP contribution in [0.2, 0.25) is 5.15 Å². The monoisotopic (exact) mass is 482 g/mol. The van der Waals surface area contributed by atoms with E-state index >= 15 is 0 Å². The molecule has 11 heteroatoms. The number of aromatic nitrogens is 2. The number of hydrogen-bond donors (Lipinski definition) is 1. The second-order valence-corrected chi connectivity index (χ2v) is 10.0. The zero-order valence-corrected chi connectivity index (χ0v) is 18.3. The Morgan fingerprint density at radius 1 is 1.21 bits per heavy atom. The fourth-order valence-electron chi connectivity index (χ4n) is 5.49. The summed E-state index contributed by atoms with van der Waals surface area (Å²) in [5.41, 5.74) is -1.12. The van der Waals surface area contributed by atoms with Gasteiger partial charge in [0.2, 0.25) is 5.91 Å². The molecule has 0 bridgehead atoms.